The summed E-state index contributed by atoms with van der Waals surface area (Å²) in [5.74, 6) is -0.238. The van der Waals surface area contributed by atoms with Gasteiger partial charge in [-0.2, -0.15) is 0 Å². The van der Waals surface area contributed by atoms with Crippen molar-refractivity contribution >= 4 is 17.3 Å². The van der Waals surface area contributed by atoms with Crippen LogP contribution in [0, 0.1) is 10.1 Å². The molecule has 0 aromatic heterocycles. The van der Waals surface area contributed by atoms with Crippen LogP contribution < -0.4 is 5.32 Å². The van der Waals surface area contributed by atoms with E-state index in [4.69, 9.17) is 0 Å². The molecule has 0 saturated heterocycles. The van der Waals surface area contributed by atoms with Crippen molar-refractivity contribution in [2.45, 2.75) is 32.2 Å². The summed E-state index contributed by atoms with van der Waals surface area (Å²) in [5, 5.41) is 14.0. The molecule has 0 unspecified atom stereocenters. The van der Waals surface area contributed by atoms with E-state index in [-0.39, 0.29) is 23.2 Å². The number of rotatable bonds is 6. The third-order valence-corrected chi connectivity index (χ3v) is 3.43. The summed E-state index contributed by atoms with van der Waals surface area (Å²) in [4.78, 5) is 25.0. The molecule has 1 aliphatic carbocycles. The molecule has 1 N–H and O–H groups in total. The molecule has 20 heavy (non-hydrogen) atoms. The van der Waals surface area contributed by atoms with Gasteiger partial charge in [0.25, 0.3) is 11.6 Å². The van der Waals surface area contributed by atoms with Crippen molar-refractivity contribution in [1.82, 2.24) is 4.90 Å². The van der Waals surface area contributed by atoms with Gasteiger partial charge in [-0.25, -0.2) is 0 Å². The molecule has 1 aromatic rings. The van der Waals surface area contributed by atoms with Crippen LogP contribution >= 0.6 is 0 Å². The maximum Gasteiger partial charge on any atom is 0.282 e. The highest BCUT2D eigenvalue weighted by Gasteiger charge is 2.35. The zero-order chi connectivity index (χ0) is 14.7. The molecule has 1 saturated carbocycles. The van der Waals surface area contributed by atoms with Gasteiger partial charge in [-0.1, -0.05) is 6.92 Å². The lowest BCUT2D eigenvalue weighted by Crippen LogP contribution is -2.34. The SMILES string of the molecule is CCCN(C(=O)c1cc(NC)ccc1[N+](=O)[O-])C1CC1. The van der Waals surface area contributed by atoms with Crippen LogP contribution in [-0.4, -0.2) is 35.4 Å². The van der Waals surface area contributed by atoms with Crippen LogP contribution in [0.25, 0.3) is 0 Å². The third-order valence-electron chi connectivity index (χ3n) is 3.43. The molecule has 1 aliphatic rings. The number of hydrogen-bond acceptors (Lipinski definition) is 4. The summed E-state index contributed by atoms with van der Waals surface area (Å²) in [7, 11) is 1.72. The number of nitrogens with zero attached hydrogens (tertiary/aromatic N) is 2. The summed E-state index contributed by atoms with van der Waals surface area (Å²) in [6, 6.07) is 4.80. The van der Waals surface area contributed by atoms with E-state index in [9.17, 15) is 14.9 Å². The van der Waals surface area contributed by atoms with Crippen LogP contribution in [0.5, 0.6) is 0 Å². The molecule has 0 radical (unpaired) electrons. The average molecular weight is 277 g/mol. The molecule has 1 aromatic carbocycles. The number of nitro groups is 1. The summed E-state index contributed by atoms with van der Waals surface area (Å²) in [6.07, 6.45) is 2.83. The summed E-state index contributed by atoms with van der Waals surface area (Å²) in [6.45, 7) is 2.64. The molecule has 108 valence electrons. The highest BCUT2D eigenvalue weighted by molar-refractivity contribution is 5.99. The highest BCUT2D eigenvalue weighted by Crippen LogP contribution is 2.31. The maximum absolute atomic E-state index is 12.6. The molecule has 6 heteroatoms. The Morgan fingerprint density at radius 1 is 1.50 bits per heavy atom. The van der Waals surface area contributed by atoms with E-state index in [1.165, 1.54) is 6.07 Å². The largest absolute Gasteiger partial charge is 0.388 e. The third kappa shape index (κ3) is 2.89. The number of amides is 1. The van der Waals surface area contributed by atoms with Gasteiger partial charge in [-0.15, -0.1) is 0 Å². The molecule has 0 atom stereocenters. The predicted molar refractivity (Wildman–Crippen MR) is 77.0 cm³/mol. The van der Waals surface area contributed by atoms with Gasteiger partial charge in [0.2, 0.25) is 0 Å². The lowest BCUT2D eigenvalue weighted by Gasteiger charge is -2.22. The first-order chi connectivity index (χ1) is 9.58. The zero-order valence-corrected chi connectivity index (χ0v) is 11.8. The second-order valence-electron chi connectivity index (χ2n) is 4.97. The van der Waals surface area contributed by atoms with E-state index >= 15 is 0 Å². The number of nitrogens with one attached hydrogen (secondary N) is 1. The van der Waals surface area contributed by atoms with Crippen molar-refractivity contribution in [2.24, 2.45) is 0 Å². The minimum absolute atomic E-state index is 0.129. The molecule has 1 amide bonds. The molecular weight excluding hydrogens is 258 g/mol. The van der Waals surface area contributed by atoms with Crippen molar-refractivity contribution in [2.75, 3.05) is 18.9 Å². The Labute approximate surface area is 117 Å². The highest BCUT2D eigenvalue weighted by atomic mass is 16.6. The van der Waals surface area contributed by atoms with Gasteiger partial charge in [0.15, 0.2) is 0 Å². The first-order valence-electron chi connectivity index (χ1n) is 6.85. The van der Waals surface area contributed by atoms with Gasteiger partial charge in [0.05, 0.1) is 4.92 Å². The monoisotopic (exact) mass is 277 g/mol. The van der Waals surface area contributed by atoms with Gasteiger partial charge in [0, 0.05) is 31.4 Å². The zero-order valence-electron chi connectivity index (χ0n) is 11.8. The normalized spacial score (nSPS) is 13.9. The predicted octanol–water partition coefficient (Wildman–Crippen LogP) is 2.65. The van der Waals surface area contributed by atoms with E-state index < -0.39 is 4.92 Å². The Bertz CT molecular complexity index is 526. The fourth-order valence-corrected chi connectivity index (χ4v) is 2.25. The van der Waals surface area contributed by atoms with Gasteiger partial charge >= 0.3 is 0 Å². The van der Waals surface area contributed by atoms with Crippen LogP contribution in [0.2, 0.25) is 0 Å². The topological polar surface area (TPSA) is 75.5 Å². The number of hydrogen-bond donors (Lipinski definition) is 1. The quantitative estimate of drug-likeness (QED) is 0.640. The van der Waals surface area contributed by atoms with Gasteiger partial charge < -0.3 is 10.2 Å². The number of nitro benzene ring substituents is 1. The van der Waals surface area contributed by atoms with Gasteiger partial charge in [0.1, 0.15) is 5.56 Å². The van der Waals surface area contributed by atoms with Crippen LogP contribution in [0.3, 0.4) is 0 Å². The molecular formula is C14H19N3O3. The van der Waals surface area contributed by atoms with Crippen LogP contribution in [0.1, 0.15) is 36.5 Å². The maximum atomic E-state index is 12.6. The molecule has 1 fully saturated rings. The van der Waals surface area contributed by atoms with Crippen LogP contribution in [0.15, 0.2) is 18.2 Å². The van der Waals surface area contributed by atoms with Crippen molar-refractivity contribution in [3.63, 3.8) is 0 Å². The first-order valence-corrected chi connectivity index (χ1v) is 6.85. The van der Waals surface area contributed by atoms with Crippen molar-refractivity contribution in [1.29, 1.82) is 0 Å². The molecule has 0 heterocycles. The Morgan fingerprint density at radius 2 is 2.20 bits per heavy atom. The Balaban J connectivity index is 2.37. The second kappa shape index (κ2) is 5.90. The van der Waals surface area contributed by atoms with Crippen LogP contribution in [0.4, 0.5) is 11.4 Å². The molecule has 2 rings (SSSR count). The number of anilines is 1. The standard InChI is InChI=1S/C14H19N3O3/c1-3-8-16(11-5-6-11)14(18)12-9-10(15-2)4-7-13(12)17(19)20/h4,7,9,11,15H,3,5-6,8H2,1-2H3. The molecule has 0 spiro atoms. The van der Waals surface area contributed by atoms with Crippen LogP contribution in [-0.2, 0) is 0 Å². The molecule has 6 nitrogen and oxygen atoms in total. The smallest absolute Gasteiger partial charge is 0.282 e. The Kier molecular flexibility index (Phi) is 4.22. The lowest BCUT2D eigenvalue weighted by atomic mass is 10.1. The average Bonchev–Trinajstić information content (AvgIpc) is 3.27. The Hall–Kier alpha value is -2.11. The van der Waals surface area contributed by atoms with Crippen molar-refractivity contribution in [3.8, 4) is 0 Å². The van der Waals surface area contributed by atoms with E-state index in [2.05, 4.69) is 5.32 Å². The van der Waals surface area contributed by atoms with Crippen molar-refractivity contribution in [3.05, 3.63) is 33.9 Å². The number of carbonyl (C=O) groups is 1. The van der Waals surface area contributed by atoms with E-state index in [1.54, 1.807) is 24.1 Å². The fourth-order valence-electron chi connectivity index (χ4n) is 2.25. The summed E-state index contributed by atoms with van der Waals surface area (Å²) in [5.41, 5.74) is 0.740. The summed E-state index contributed by atoms with van der Waals surface area (Å²) >= 11 is 0. The first kappa shape index (κ1) is 14.3. The Morgan fingerprint density at radius 3 is 2.70 bits per heavy atom. The van der Waals surface area contributed by atoms with Gasteiger partial charge in [-0.3, -0.25) is 14.9 Å². The summed E-state index contributed by atoms with van der Waals surface area (Å²) < 4.78 is 0. The van der Waals surface area contributed by atoms with E-state index in [0.717, 1.165) is 19.3 Å². The lowest BCUT2D eigenvalue weighted by molar-refractivity contribution is -0.385. The second-order valence-corrected chi connectivity index (χ2v) is 4.97. The molecule has 0 aliphatic heterocycles. The van der Waals surface area contributed by atoms with E-state index in [1.807, 2.05) is 6.92 Å². The van der Waals surface area contributed by atoms with Crippen molar-refractivity contribution < 1.29 is 9.72 Å². The van der Waals surface area contributed by atoms with E-state index in [0.29, 0.717) is 12.2 Å². The number of carbonyl (C=O) groups excluding carboxylic acids is 1. The minimum Gasteiger partial charge on any atom is -0.388 e. The fraction of sp³-hybridized carbons (Fsp3) is 0.500. The van der Waals surface area contributed by atoms with Gasteiger partial charge in [-0.05, 0) is 31.4 Å². The minimum atomic E-state index is -0.496. The molecule has 0 bridgehead atoms. The number of benzene rings is 1.